The second kappa shape index (κ2) is 14.2. The molecule has 0 aromatic heterocycles. The quantitative estimate of drug-likeness (QED) is 0.0896. The molecule has 1 aliphatic rings. The van der Waals surface area contributed by atoms with Crippen molar-refractivity contribution < 1.29 is 23.9 Å². The summed E-state index contributed by atoms with van der Waals surface area (Å²) in [6.07, 6.45) is 2.53. The molecule has 3 rings (SSSR count). The minimum absolute atomic E-state index is 0.0400. The number of ether oxygens (including phenoxy) is 1. The van der Waals surface area contributed by atoms with Crippen molar-refractivity contribution in [3.8, 4) is 5.75 Å². The number of likely N-dealkylation sites (tertiary alicyclic amines) is 1. The summed E-state index contributed by atoms with van der Waals surface area (Å²) < 4.78 is 6.51. The van der Waals surface area contributed by atoms with Crippen LogP contribution in [0.25, 0.3) is 0 Å². The summed E-state index contributed by atoms with van der Waals surface area (Å²) >= 11 is 6.80. The number of amides is 3. The van der Waals surface area contributed by atoms with Gasteiger partial charge in [-0.25, -0.2) is 4.90 Å². The number of carbonyl (C=O) groups excluding carboxylic acids is 4. The lowest BCUT2D eigenvalue weighted by Gasteiger charge is -2.37. The maximum absolute atomic E-state index is 13.8. The Hall–Kier alpha value is -3.39. The molecule has 0 bridgehead atoms. The fraction of sp³-hybridized carbons (Fsp3) is 0.590. The van der Waals surface area contributed by atoms with Crippen LogP contribution >= 0.6 is 11.6 Å². The third-order valence-electron chi connectivity index (χ3n) is 9.80. The molecule has 2 aromatic rings. The lowest BCUT2D eigenvalue weighted by atomic mass is 9.76. The minimum Gasteiger partial charge on any atom is -0.490 e. The number of alkyl halides is 1. The molecule has 0 spiro atoms. The molecule has 2 unspecified atom stereocenters. The molecule has 0 saturated carbocycles. The van der Waals surface area contributed by atoms with E-state index in [2.05, 4.69) is 77.3 Å². The van der Waals surface area contributed by atoms with Crippen LogP contribution in [0.1, 0.15) is 120 Å². The van der Waals surface area contributed by atoms with Crippen molar-refractivity contribution >= 4 is 46.5 Å². The number of imide groups is 1. The van der Waals surface area contributed by atoms with E-state index in [0.29, 0.717) is 23.6 Å². The normalized spacial score (nSPS) is 17.1. The van der Waals surface area contributed by atoms with Crippen LogP contribution in [0.3, 0.4) is 0 Å². The van der Waals surface area contributed by atoms with Crippen molar-refractivity contribution in [3.05, 3.63) is 53.6 Å². The van der Waals surface area contributed by atoms with Crippen molar-refractivity contribution in [1.82, 2.24) is 4.90 Å². The van der Waals surface area contributed by atoms with Crippen LogP contribution < -0.4 is 15.4 Å². The highest BCUT2D eigenvalue weighted by Gasteiger charge is 2.62. The lowest BCUT2D eigenvalue weighted by Crippen LogP contribution is -2.63. The van der Waals surface area contributed by atoms with E-state index in [-0.39, 0.29) is 23.4 Å². The number of Topliss-reactive ketones (excluding diaryl/α,β-unsaturated/α-hetero) is 1. The Balaban J connectivity index is 1.74. The first kappa shape index (κ1) is 39.1. The zero-order valence-corrected chi connectivity index (χ0v) is 31.8. The monoisotopic (exact) mass is 681 g/mol. The molecular weight excluding hydrogens is 626 g/mol. The summed E-state index contributed by atoms with van der Waals surface area (Å²) in [6.45, 7) is 24.1. The lowest BCUT2D eigenvalue weighted by molar-refractivity contribution is -0.156. The number of halogens is 1. The highest BCUT2D eigenvalue weighted by Crippen LogP contribution is 2.42. The Morgan fingerprint density at radius 3 is 2.08 bits per heavy atom. The molecule has 0 aliphatic carbocycles. The zero-order valence-electron chi connectivity index (χ0n) is 31.0. The van der Waals surface area contributed by atoms with E-state index in [1.807, 2.05) is 6.07 Å². The van der Waals surface area contributed by atoms with Crippen LogP contribution in [0, 0.1) is 10.8 Å². The molecule has 2 aromatic carbocycles. The number of nitrogens with one attached hydrogen (secondary N) is 2. The van der Waals surface area contributed by atoms with Crippen molar-refractivity contribution in [2.75, 3.05) is 17.2 Å². The van der Waals surface area contributed by atoms with E-state index in [4.69, 9.17) is 16.3 Å². The number of carbonyl (C=O) groups is 4. The van der Waals surface area contributed by atoms with Gasteiger partial charge in [-0.05, 0) is 60.4 Å². The molecule has 1 saturated heterocycles. The largest absolute Gasteiger partial charge is 0.490 e. The fourth-order valence-corrected chi connectivity index (χ4v) is 6.16. The van der Waals surface area contributed by atoms with Gasteiger partial charge in [0.2, 0.25) is 11.8 Å². The Morgan fingerprint density at radius 2 is 1.54 bits per heavy atom. The molecule has 264 valence electrons. The first-order valence-electron chi connectivity index (χ1n) is 17.1. The summed E-state index contributed by atoms with van der Waals surface area (Å²) in [4.78, 5) is 51.7. The third-order valence-corrected chi connectivity index (χ3v) is 10.3. The van der Waals surface area contributed by atoms with Crippen molar-refractivity contribution in [2.24, 2.45) is 10.8 Å². The molecule has 8 nitrogen and oxygen atoms in total. The second-order valence-electron chi connectivity index (χ2n) is 16.2. The molecule has 9 heteroatoms. The van der Waals surface area contributed by atoms with Gasteiger partial charge in [-0.15, -0.1) is 0 Å². The Morgan fingerprint density at radius 1 is 0.938 bits per heavy atom. The molecule has 1 aliphatic heterocycles. The van der Waals surface area contributed by atoms with Gasteiger partial charge >= 0.3 is 0 Å². The van der Waals surface area contributed by atoms with E-state index in [0.717, 1.165) is 24.3 Å². The van der Waals surface area contributed by atoms with Crippen LogP contribution in [0.15, 0.2) is 42.5 Å². The van der Waals surface area contributed by atoms with E-state index >= 15 is 0 Å². The van der Waals surface area contributed by atoms with Gasteiger partial charge in [-0.3, -0.25) is 19.2 Å². The van der Waals surface area contributed by atoms with Gasteiger partial charge < -0.3 is 15.4 Å². The van der Waals surface area contributed by atoms with E-state index in [9.17, 15) is 19.2 Å². The summed E-state index contributed by atoms with van der Waals surface area (Å²) in [5.74, 6) is -2.12. The van der Waals surface area contributed by atoms with E-state index in [1.54, 1.807) is 52.8 Å². The highest BCUT2D eigenvalue weighted by atomic mass is 35.5. The summed E-state index contributed by atoms with van der Waals surface area (Å²) in [5.41, 5.74) is 1.46. The van der Waals surface area contributed by atoms with Gasteiger partial charge in [-0.1, -0.05) is 106 Å². The predicted molar refractivity (Wildman–Crippen MR) is 195 cm³/mol. The molecule has 1 fully saturated rings. The zero-order chi connectivity index (χ0) is 36.5. The number of rotatable bonds is 14. The second-order valence-corrected chi connectivity index (χ2v) is 16.7. The summed E-state index contributed by atoms with van der Waals surface area (Å²) in [5, 5.41) is 6.08. The van der Waals surface area contributed by atoms with Crippen molar-refractivity contribution in [3.63, 3.8) is 0 Å². The molecule has 2 atom stereocenters. The first-order valence-corrected chi connectivity index (χ1v) is 17.5. The molecule has 2 N–H and O–H groups in total. The standard InChI is InChI=1S/C39H56ClN3O5/c1-13-36(7,8)26-18-19-30(29(22-26)37(9,10)14-2)48-25(3)20-21-41-27-16-15-17-28(23-27)42-33(46)39(40,32(45)35(4,5)6)43-31(44)24-38(11,12)34(43)47/h15-19,22-23,25,41H,13-14,20-21,24H2,1-12H3,(H,42,46). The fourth-order valence-electron chi connectivity index (χ4n) is 5.66. The SMILES string of the molecule is CCC(C)(C)c1ccc(OC(C)CCNc2cccc(NC(=O)C(Cl)(C(=O)C(C)(C)C)N3C(=O)CC(C)(C)C3=O)c2)c(C(C)(C)CC)c1. The Labute approximate surface area is 292 Å². The molecule has 0 radical (unpaired) electrons. The van der Waals surface area contributed by atoms with Gasteiger partial charge in [0.1, 0.15) is 5.75 Å². The van der Waals surface area contributed by atoms with Gasteiger partial charge in [0.05, 0.1) is 11.5 Å². The van der Waals surface area contributed by atoms with E-state index in [1.165, 1.54) is 11.1 Å². The average Bonchev–Trinajstić information content (AvgIpc) is 3.21. The van der Waals surface area contributed by atoms with Gasteiger partial charge in [0.15, 0.2) is 5.78 Å². The molecule has 48 heavy (non-hydrogen) atoms. The summed E-state index contributed by atoms with van der Waals surface area (Å²) in [7, 11) is 0. The number of benzene rings is 2. The van der Waals surface area contributed by atoms with Crippen LogP contribution in [0.4, 0.5) is 11.4 Å². The number of hydrogen-bond acceptors (Lipinski definition) is 6. The Kier molecular flexibility index (Phi) is 11.6. The summed E-state index contributed by atoms with van der Waals surface area (Å²) in [6, 6.07) is 13.6. The van der Waals surface area contributed by atoms with Crippen molar-refractivity contribution in [2.45, 2.75) is 131 Å². The van der Waals surface area contributed by atoms with Crippen LogP contribution in [-0.4, -0.2) is 46.1 Å². The number of hydrogen-bond donors (Lipinski definition) is 2. The number of nitrogens with zero attached hydrogens (tertiary/aromatic N) is 1. The minimum atomic E-state index is -2.54. The highest BCUT2D eigenvalue weighted by molar-refractivity contribution is 6.50. The first-order chi connectivity index (χ1) is 22.0. The number of anilines is 2. The van der Waals surface area contributed by atoms with Gasteiger partial charge in [-0.2, -0.15) is 0 Å². The maximum atomic E-state index is 13.8. The molecule has 1 heterocycles. The third kappa shape index (κ3) is 8.24. The Bertz CT molecular complexity index is 1540. The van der Waals surface area contributed by atoms with E-state index < -0.39 is 39.3 Å². The van der Waals surface area contributed by atoms with Crippen LogP contribution in [-0.2, 0) is 30.0 Å². The topological polar surface area (TPSA) is 105 Å². The maximum Gasteiger partial charge on any atom is 0.274 e. The molecular formula is C39H56ClN3O5. The predicted octanol–water partition coefficient (Wildman–Crippen LogP) is 8.61. The van der Waals surface area contributed by atoms with Crippen LogP contribution in [0.2, 0.25) is 0 Å². The van der Waals surface area contributed by atoms with Gasteiger partial charge in [0.25, 0.3) is 10.9 Å². The average molecular weight is 682 g/mol. The number of ketones is 1. The van der Waals surface area contributed by atoms with Crippen molar-refractivity contribution in [1.29, 1.82) is 0 Å². The van der Waals surface area contributed by atoms with Gasteiger partial charge in [0, 0.05) is 41.7 Å². The molecule has 3 amide bonds. The smallest absolute Gasteiger partial charge is 0.274 e. The van der Waals surface area contributed by atoms with Crippen LogP contribution in [0.5, 0.6) is 5.75 Å².